The van der Waals surface area contributed by atoms with Gasteiger partial charge in [-0.2, -0.15) is 0 Å². The fourth-order valence-corrected chi connectivity index (χ4v) is 3.65. The van der Waals surface area contributed by atoms with Crippen molar-refractivity contribution in [2.75, 3.05) is 7.05 Å². The number of hydrogen-bond acceptors (Lipinski definition) is 1. The van der Waals surface area contributed by atoms with E-state index in [1.54, 1.807) is 0 Å². The van der Waals surface area contributed by atoms with E-state index in [4.69, 9.17) is 11.6 Å². The van der Waals surface area contributed by atoms with Crippen LogP contribution in [0, 0.1) is 27.7 Å². The molecule has 112 valence electrons. The molecule has 1 atom stereocenters. The van der Waals surface area contributed by atoms with Crippen LogP contribution < -0.4 is 5.32 Å². The first-order valence-electron chi connectivity index (χ1n) is 7.06. The smallest absolute Gasteiger partial charge is 0.0594 e. The standard InChI is InChI=1S/C18H21BrClN/c1-10-8-11(2)13(4)17(12(10)3)18(21-5)15-7-6-14(19)9-16(15)20/h6-9,18,21H,1-5H3. The molecule has 0 amide bonds. The van der Waals surface area contributed by atoms with Crippen LogP contribution in [0.25, 0.3) is 0 Å². The number of aryl methyl sites for hydroxylation is 2. The molecule has 0 aliphatic rings. The Morgan fingerprint density at radius 2 is 1.57 bits per heavy atom. The van der Waals surface area contributed by atoms with E-state index in [-0.39, 0.29) is 6.04 Å². The number of rotatable bonds is 3. The van der Waals surface area contributed by atoms with Crippen LogP contribution >= 0.6 is 27.5 Å². The molecule has 0 radical (unpaired) electrons. The minimum absolute atomic E-state index is 0.101. The van der Waals surface area contributed by atoms with Gasteiger partial charge in [0, 0.05) is 9.50 Å². The van der Waals surface area contributed by atoms with E-state index >= 15 is 0 Å². The van der Waals surface area contributed by atoms with Crippen LogP contribution in [0.3, 0.4) is 0 Å². The number of hydrogen-bond donors (Lipinski definition) is 1. The number of halogens is 2. The first-order chi connectivity index (χ1) is 9.86. The molecule has 0 heterocycles. The van der Waals surface area contributed by atoms with E-state index < -0.39 is 0 Å². The van der Waals surface area contributed by atoms with Crippen molar-refractivity contribution in [1.82, 2.24) is 5.32 Å². The van der Waals surface area contributed by atoms with Crippen molar-refractivity contribution >= 4 is 27.5 Å². The van der Waals surface area contributed by atoms with Crippen molar-refractivity contribution in [2.45, 2.75) is 33.7 Å². The molecular formula is C18H21BrClN. The maximum Gasteiger partial charge on any atom is 0.0594 e. The van der Waals surface area contributed by atoms with E-state index in [0.29, 0.717) is 0 Å². The molecule has 0 saturated carbocycles. The summed E-state index contributed by atoms with van der Waals surface area (Å²) in [5.74, 6) is 0. The van der Waals surface area contributed by atoms with Crippen LogP contribution in [0.2, 0.25) is 5.02 Å². The molecule has 0 spiro atoms. The maximum absolute atomic E-state index is 6.47. The van der Waals surface area contributed by atoms with Crippen LogP contribution in [0.15, 0.2) is 28.7 Å². The van der Waals surface area contributed by atoms with Gasteiger partial charge in [0.2, 0.25) is 0 Å². The second kappa shape index (κ2) is 6.51. The normalized spacial score (nSPS) is 12.5. The molecule has 2 aromatic rings. The number of benzene rings is 2. The Bertz CT molecular complexity index is 653. The molecule has 0 bridgehead atoms. The predicted molar refractivity (Wildman–Crippen MR) is 95.4 cm³/mol. The Kier molecular flexibility index (Phi) is 5.13. The second-order valence-electron chi connectivity index (χ2n) is 5.56. The molecule has 0 aliphatic carbocycles. The van der Waals surface area contributed by atoms with Crippen LogP contribution in [-0.4, -0.2) is 7.05 Å². The lowest BCUT2D eigenvalue weighted by molar-refractivity contribution is 0.681. The minimum Gasteiger partial charge on any atom is -0.309 e. The minimum atomic E-state index is 0.101. The second-order valence-corrected chi connectivity index (χ2v) is 6.88. The Morgan fingerprint density at radius 3 is 2.05 bits per heavy atom. The number of nitrogens with one attached hydrogen (secondary N) is 1. The highest BCUT2D eigenvalue weighted by Gasteiger charge is 2.21. The molecule has 21 heavy (non-hydrogen) atoms. The van der Waals surface area contributed by atoms with Crippen molar-refractivity contribution in [3.8, 4) is 0 Å². The first kappa shape index (κ1) is 16.5. The average molecular weight is 367 g/mol. The lowest BCUT2D eigenvalue weighted by Gasteiger charge is -2.25. The lowest BCUT2D eigenvalue weighted by atomic mass is 9.87. The van der Waals surface area contributed by atoms with Gasteiger partial charge in [0.05, 0.1) is 6.04 Å². The molecule has 0 aromatic heterocycles. The van der Waals surface area contributed by atoms with Crippen LogP contribution in [-0.2, 0) is 0 Å². The summed E-state index contributed by atoms with van der Waals surface area (Å²) in [4.78, 5) is 0. The summed E-state index contributed by atoms with van der Waals surface area (Å²) in [7, 11) is 1.99. The highest BCUT2D eigenvalue weighted by atomic mass is 79.9. The summed E-state index contributed by atoms with van der Waals surface area (Å²) < 4.78 is 1.000. The first-order valence-corrected chi connectivity index (χ1v) is 8.23. The molecule has 3 heteroatoms. The van der Waals surface area contributed by atoms with Crippen molar-refractivity contribution in [2.24, 2.45) is 0 Å². The zero-order chi connectivity index (χ0) is 15.7. The summed E-state index contributed by atoms with van der Waals surface area (Å²) in [6.45, 7) is 8.71. The van der Waals surface area contributed by atoms with Gasteiger partial charge in [0.25, 0.3) is 0 Å². The summed E-state index contributed by atoms with van der Waals surface area (Å²) >= 11 is 9.94. The molecular weight excluding hydrogens is 346 g/mol. The molecule has 1 N–H and O–H groups in total. The molecule has 0 aliphatic heterocycles. The molecule has 0 saturated heterocycles. The lowest BCUT2D eigenvalue weighted by Crippen LogP contribution is -2.21. The van der Waals surface area contributed by atoms with E-state index in [1.165, 1.54) is 27.8 Å². The molecule has 2 rings (SSSR count). The molecule has 2 aromatic carbocycles. The van der Waals surface area contributed by atoms with Crippen LogP contribution in [0.5, 0.6) is 0 Å². The van der Waals surface area contributed by atoms with Gasteiger partial charge >= 0.3 is 0 Å². The van der Waals surface area contributed by atoms with E-state index in [1.807, 2.05) is 19.2 Å². The third-order valence-corrected chi connectivity index (χ3v) is 5.10. The molecule has 0 fully saturated rings. The van der Waals surface area contributed by atoms with Gasteiger partial charge in [-0.05, 0) is 80.3 Å². The van der Waals surface area contributed by atoms with E-state index in [0.717, 1.165) is 15.1 Å². The van der Waals surface area contributed by atoms with Gasteiger partial charge < -0.3 is 5.32 Å². The summed E-state index contributed by atoms with van der Waals surface area (Å²) in [5, 5.41) is 4.21. The maximum atomic E-state index is 6.47. The summed E-state index contributed by atoms with van der Waals surface area (Å²) in [6, 6.07) is 8.44. The van der Waals surface area contributed by atoms with Gasteiger partial charge in [-0.1, -0.05) is 39.7 Å². The monoisotopic (exact) mass is 365 g/mol. The Labute approximate surface area is 140 Å². The highest BCUT2D eigenvalue weighted by Crippen LogP contribution is 2.35. The fourth-order valence-electron chi connectivity index (χ4n) is 2.87. The molecule has 1 unspecified atom stereocenters. The Balaban J connectivity index is 2.67. The summed E-state index contributed by atoms with van der Waals surface area (Å²) in [6.07, 6.45) is 0. The average Bonchev–Trinajstić information content (AvgIpc) is 2.42. The van der Waals surface area contributed by atoms with Crippen molar-refractivity contribution in [1.29, 1.82) is 0 Å². The van der Waals surface area contributed by atoms with Crippen molar-refractivity contribution in [3.05, 3.63) is 67.1 Å². The van der Waals surface area contributed by atoms with Crippen molar-refractivity contribution < 1.29 is 0 Å². The van der Waals surface area contributed by atoms with Gasteiger partial charge in [0.1, 0.15) is 0 Å². The van der Waals surface area contributed by atoms with Crippen LogP contribution in [0.4, 0.5) is 0 Å². The van der Waals surface area contributed by atoms with Gasteiger partial charge in [0.15, 0.2) is 0 Å². The van der Waals surface area contributed by atoms with Gasteiger partial charge in [-0.3, -0.25) is 0 Å². The SMILES string of the molecule is CNC(c1ccc(Br)cc1Cl)c1c(C)c(C)cc(C)c1C. The third kappa shape index (κ3) is 3.18. The highest BCUT2D eigenvalue weighted by molar-refractivity contribution is 9.10. The largest absolute Gasteiger partial charge is 0.309 e. The van der Waals surface area contributed by atoms with Crippen LogP contribution in [0.1, 0.15) is 39.4 Å². The zero-order valence-electron chi connectivity index (χ0n) is 13.1. The topological polar surface area (TPSA) is 12.0 Å². The van der Waals surface area contributed by atoms with Gasteiger partial charge in [-0.15, -0.1) is 0 Å². The predicted octanol–water partition coefficient (Wildman–Crippen LogP) is 5.64. The molecule has 1 nitrogen and oxygen atoms in total. The van der Waals surface area contributed by atoms with E-state index in [2.05, 4.69) is 61.1 Å². The summed E-state index contributed by atoms with van der Waals surface area (Å²) in [5.41, 5.74) is 7.74. The zero-order valence-corrected chi connectivity index (χ0v) is 15.5. The van der Waals surface area contributed by atoms with Crippen molar-refractivity contribution in [3.63, 3.8) is 0 Å². The third-order valence-electron chi connectivity index (χ3n) is 4.27. The van der Waals surface area contributed by atoms with E-state index in [9.17, 15) is 0 Å². The Morgan fingerprint density at radius 1 is 1.00 bits per heavy atom. The Hall–Kier alpha value is -0.830. The fraction of sp³-hybridized carbons (Fsp3) is 0.333. The van der Waals surface area contributed by atoms with Gasteiger partial charge in [-0.25, -0.2) is 0 Å². The quantitative estimate of drug-likeness (QED) is 0.740.